The van der Waals surface area contributed by atoms with Crippen molar-refractivity contribution in [2.24, 2.45) is 0 Å². The van der Waals surface area contributed by atoms with Gasteiger partial charge in [-0.2, -0.15) is 0 Å². The average Bonchev–Trinajstić information content (AvgIpc) is 2.47. The number of benzene rings is 1. The van der Waals surface area contributed by atoms with E-state index in [9.17, 15) is 9.59 Å². The summed E-state index contributed by atoms with van der Waals surface area (Å²) in [5.74, 6) is -0.751. The molecule has 20 heavy (non-hydrogen) atoms. The summed E-state index contributed by atoms with van der Waals surface area (Å²) in [6.45, 7) is 3.52. The van der Waals surface area contributed by atoms with Crippen LogP contribution in [-0.4, -0.2) is 38.7 Å². The van der Waals surface area contributed by atoms with Gasteiger partial charge in [0.2, 0.25) is 0 Å². The number of carbonyl (C=O) groups excluding carboxylic acids is 2. The van der Waals surface area contributed by atoms with Gasteiger partial charge in [-0.1, -0.05) is 6.07 Å². The largest absolute Gasteiger partial charge is 0.497 e. The van der Waals surface area contributed by atoms with Crippen molar-refractivity contribution in [1.29, 1.82) is 0 Å². The van der Waals surface area contributed by atoms with Gasteiger partial charge in [-0.25, -0.2) is 0 Å². The van der Waals surface area contributed by atoms with Crippen molar-refractivity contribution in [1.82, 2.24) is 5.32 Å². The quantitative estimate of drug-likeness (QED) is 0.581. The molecule has 1 aromatic rings. The second-order valence-corrected chi connectivity index (χ2v) is 3.99. The van der Waals surface area contributed by atoms with Gasteiger partial charge in [0.05, 0.1) is 7.11 Å². The lowest BCUT2D eigenvalue weighted by molar-refractivity contribution is -0.136. The van der Waals surface area contributed by atoms with E-state index in [2.05, 4.69) is 10.6 Å². The van der Waals surface area contributed by atoms with E-state index in [1.165, 1.54) is 7.11 Å². The van der Waals surface area contributed by atoms with Crippen LogP contribution in [0.15, 0.2) is 24.3 Å². The summed E-state index contributed by atoms with van der Waals surface area (Å²) in [5.41, 5.74) is 0.513. The molecule has 1 aromatic carbocycles. The Kier molecular flexibility index (Phi) is 7.13. The Morgan fingerprint density at radius 3 is 2.75 bits per heavy atom. The number of hydrogen-bond donors (Lipinski definition) is 2. The maximum absolute atomic E-state index is 11.6. The molecule has 0 unspecified atom stereocenters. The lowest BCUT2D eigenvalue weighted by Crippen LogP contribution is -2.36. The number of hydrogen-bond acceptors (Lipinski definition) is 4. The van der Waals surface area contributed by atoms with Crippen LogP contribution >= 0.6 is 0 Å². The molecule has 110 valence electrons. The van der Waals surface area contributed by atoms with Crippen molar-refractivity contribution in [3.8, 4) is 5.75 Å². The first kappa shape index (κ1) is 16.0. The second kappa shape index (κ2) is 8.92. The van der Waals surface area contributed by atoms with Crippen molar-refractivity contribution in [3.63, 3.8) is 0 Å². The Morgan fingerprint density at radius 1 is 1.25 bits per heavy atom. The number of amides is 2. The maximum Gasteiger partial charge on any atom is 0.313 e. The summed E-state index contributed by atoms with van der Waals surface area (Å²) < 4.78 is 10.2. The Balaban J connectivity index is 2.35. The van der Waals surface area contributed by atoms with Gasteiger partial charge in [0.15, 0.2) is 0 Å². The molecule has 0 aromatic heterocycles. The molecule has 2 N–H and O–H groups in total. The zero-order chi connectivity index (χ0) is 14.8. The summed E-state index contributed by atoms with van der Waals surface area (Å²) in [4.78, 5) is 23.2. The Bertz CT molecular complexity index is 449. The molecule has 1 rings (SSSR count). The van der Waals surface area contributed by atoms with Crippen molar-refractivity contribution < 1.29 is 19.1 Å². The highest BCUT2D eigenvalue weighted by atomic mass is 16.5. The van der Waals surface area contributed by atoms with Gasteiger partial charge in [0.1, 0.15) is 5.75 Å². The molecule has 0 saturated heterocycles. The molecule has 0 heterocycles. The van der Waals surface area contributed by atoms with E-state index < -0.39 is 11.8 Å². The summed E-state index contributed by atoms with van der Waals surface area (Å²) in [7, 11) is 1.53. The lowest BCUT2D eigenvalue weighted by atomic mass is 10.3. The minimum Gasteiger partial charge on any atom is -0.497 e. The molecule has 0 spiro atoms. The highest BCUT2D eigenvalue weighted by Crippen LogP contribution is 2.16. The van der Waals surface area contributed by atoms with Crippen LogP contribution in [0.25, 0.3) is 0 Å². The van der Waals surface area contributed by atoms with Crippen molar-refractivity contribution in [2.75, 3.05) is 32.2 Å². The van der Waals surface area contributed by atoms with Gasteiger partial charge < -0.3 is 20.1 Å². The van der Waals surface area contributed by atoms with E-state index in [0.29, 0.717) is 37.6 Å². The van der Waals surface area contributed by atoms with Crippen molar-refractivity contribution in [2.45, 2.75) is 13.3 Å². The van der Waals surface area contributed by atoms with Crippen LogP contribution in [-0.2, 0) is 14.3 Å². The summed E-state index contributed by atoms with van der Waals surface area (Å²) >= 11 is 0. The number of nitrogens with one attached hydrogen (secondary N) is 2. The van der Waals surface area contributed by atoms with Crippen LogP contribution in [0.3, 0.4) is 0 Å². The minimum atomic E-state index is -0.699. The van der Waals surface area contributed by atoms with Gasteiger partial charge in [-0.3, -0.25) is 9.59 Å². The zero-order valence-corrected chi connectivity index (χ0v) is 11.8. The van der Waals surface area contributed by atoms with Gasteiger partial charge >= 0.3 is 11.8 Å². The fourth-order valence-electron chi connectivity index (χ4n) is 1.49. The fraction of sp³-hybridized carbons (Fsp3) is 0.429. The molecule has 6 heteroatoms. The van der Waals surface area contributed by atoms with Crippen molar-refractivity contribution >= 4 is 17.5 Å². The van der Waals surface area contributed by atoms with E-state index in [4.69, 9.17) is 9.47 Å². The molecule has 0 aliphatic carbocycles. The lowest BCUT2D eigenvalue weighted by Gasteiger charge is -2.07. The van der Waals surface area contributed by atoms with E-state index in [-0.39, 0.29) is 0 Å². The molecular formula is C14H20N2O4. The van der Waals surface area contributed by atoms with E-state index in [0.717, 1.165) is 0 Å². The van der Waals surface area contributed by atoms with Crippen LogP contribution in [0.5, 0.6) is 5.75 Å². The SMILES string of the molecule is CCOCCCNC(=O)C(=O)Nc1cccc(OC)c1. The molecule has 6 nitrogen and oxygen atoms in total. The number of methoxy groups -OCH3 is 1. The number of anilines is 1. The summed E-state index contributed by atoms with van der Waals surface area (Å²) in [5, 5.41) is 5.03. The van der Waals surface area contributed by atoms with Gasteiger partial charge in [-0.05, 0) is 25.5 Å². The molecule has 0 saturated carbocycles. The smallest absolute Gasteiger partial charge is 0.313 e. The van der Waals surface area contributed by atoms with Crippen LogP contribution in [0, 0.1) is 0 Å². The highest BCUT2D eigenvalue weighted by molar-refractivity contribution is 6.39. The van der Waals surface area contributed by atoms with E-state index >= 15 is 0 Å². The first-order chi connectivity index (χ1) is 9.67. The third kappa shape index (κ3) is 5.71. The third-order valence-corrected chi connectivity index (χ3v) is 2.49. The van der Waals surface area contributed by atoms with Gasteiger partial charge in [-0.15, -0.1) is 0 Å². The minimum absolute atomic E-state index is 0.407. The summed E-state index contributed by atoms with van der Waals surface area (Å²) in [6, 6.07) is 6.81. The van der Waals surface area contributed by atoms with Crippen LogP contribution in [0.2, 0.25) is 0 Å². The highest BCUT2D eigenvalue weighted by Gasteiger charge is 2.13. The zero-order valence-electron chi connectivity index (χ0n) is 11.8. The average molecular weight is 280 g/mol. The van der Waals surface area contributed by atoms with Gasteiger partial charge in [0.25, 0.3) is 0 Å². The summed E-state index contributed by atoms with van der Waals surface area (Å²) in [6.07, 6.45) is 0.673. The molecule has 0 fully saturated rings. The Labute approximate surface area is 118 Å². The molecule has 2 amide bonds. The number of carbonyl (C=O) groups is 2. The van der Waals surface area contributed by atoms with E-state index in [1.54, 1.807) is 24.3 Å². The Morgan fingerprint density at radius 2 is 2.05 bits per heavy atom. The second-order valence-electron chi connectivity index (χ2n) is 3.99. The van der Waals surface area contributed by atoms with Crippen LogP contribution in [0.1, 0.15) is 13.3 Å². The third-order valence-electron chi connectivity index (χ3n) is 2.49. The topological polar surface area (TPSA) is 76.7 Å². The Hall–Kier alpha value is -2.08. The predicted molar refractivity (Wildman–Crippen MR) is 75.7 cm³/mol. The van der Waals surface area contributed by atoms with Crippen LogP contribution in [0.4, 0.5) is 5.69 Å². The molecule has 0 atom stereocenters. The molecule has 0 bridgehead atoms. The molecule has 0 aliphatic rings. The fourth-order valence-corrected chi connectivity index (χ4v) is 1.49. The standard InChI is InChI=1S/C14H20N2O4/c1-3-20-9-5-8-15-13(17)14(18)16-11-6-4-7-12(10-11)19-2/h4,6-7,10H,3,5,8-9H2,1-2H3,(H,15,17)(H,16,18). The predicted octanol–water partition coefficient (Wildman–Crippen LogP) is 1.18. The van der Waals surface area contributed by atoms with Crippen LogP contribution < -0.4 is 15.4 Å². The molecular weight excluding hydrogens is 260 g/mol. The maximum atomic E-state index is 11.6. The number of rotatable bonds is 7. The monoisotopic (exact) mass is 280 g/mol. The molecule has 0 radical (unpaired) electrons. The first-order valence-corrected chi connectivity index (χ1v) is 6.48. The van der Waals surface area contributed by atoms with Gasteiger partial charge in [0, 0.05) is 31.5 Å². The van der Waals surface area contributed by atoms with Crippen molar-refractivity contribution in [3.05, 3.63) is 24.3 Å². The van der Waals surface area contributed by atoms with E-state index in [1.807, 2.05) is 6.92 Å². The normalized spacial score (nSPS) is 9.90. The number of ether oxygens (including phenoxy) is 2. The first-order valence-electron chi connectivity index (χ1n) is 6.48. The molecule has 0 aliphatic heterocycles.